The first kappa shape index (κ1) is 16.2. The van der Waals surface area contributed by atoms with E-state index in [9.17, 15) is 9.59 Å². The van der Waals surface area contributed by atoms with Crippen molar-refractivity contribution in [1.29, 1.82) is 0 Å². The van der Waals surface area contributed by atoms with Crippen molar-refractivity contribution < 1.29 is 9.59 Å². The van der Waals surface area contributed by atoms with Crippen LogP contribution in [0.25, 0.3) is 0 Å². The summed E-state index contributed by atoms with van der Waals surface area (Å²) in [6.45, 7) is 4.98. The lowest BCUT2D eigenvalue weighted by molar-refractivity contribution is -0.108. The van der Waals surface area contributed by atoms with Gasteiger partial charge in [-0.1, -0.05) is 37.3 Å². The number of anilines is 1. The molecule has 1 heterocycles. The highest BCUT2D eigenvalue weighted by atomic mass is 16.2. The summed E-state index contributed by atoms with van der Waals surface area (Å²) in [6.07, 6.45) is 0.961. The normalized spacial score (nSPS) is 15.9. The summed E-state index contributed by atoms with van der Waals surface area (Å²) < 4.78 is 0. The zero-order valence-electron chi connectivity index (χ0n) is 13.9. The summed E-state index contributed by atoms with van der Waals surface area (Å²) in [5.74, 6) is 0.0322. The van der Waals surface area contributed by atoms with E-state index in [1.165, 1.54) is 0 Å². The predicted octanol–water partition coefficient (Wildman–Crippen LogP) is 2.95. The Labute approximate surface area is 142 Å². The maximum Gasteiger partial charge on any atom is 0.253 e. The fourth-order valence-electron chi connectivity index (χ4n) is 3.00. The molecule has 124 valence electrons. The van der Waals surface area contributed by atoms with Gasteiger partial charge < -0.3 is 14.6 Å². The molecule has 1 atom stereocenters. The van der Waals surface area contributed by atoms with Gasteiger partial charge in [0.25, 0.3) is 5.91 Å². The quantitative estimate of drug-likeness (QED) is 0.813. The number of carbonyl (C=O) groups is 2. The summed E-state index contributed by atoms with van der Waals surface area (Å²) in [4.78, 5) is 27.5. The number of aldehydes is 1. The van der Waals surface area contributed by atoms with Gasteiger partial charge in [-0.15, -0.1) is 0 Å². The molecule has 0 aliphatic carbocycles. The Hall–Kier alpha value is -2.62. The van der Waals surface area contributed by atoms with Crippen LogP contribution in [0.4, 0.5) is 5.69 Å². The fraction of sp³-hybridized carbons (Fsp3) is 0.300. The molecule has 4 heteroatoms. The summed E-state index contributed by atoms with van der Waals surface area (Å²) in [7, 11) is 0. The molecule has 0 radical (unpaired) electrons. The highest BCUT2D eigenvalue weighted by Crippen LogP contribution is 2.21. The Kier molecular flexibility index (Phi) is 4.94. The minimum atomic E-state index is -0.0700. The van der Waals surface area contributed by atoms with E-state index in [1.54, 1.807) is 0 Å². The van der Waals surface area contributed by atoms with Gasteiger partial charge in [-0.05, 0) is 29.8 Å². The third kappa shape index (κ3) is 3.48. The van der Waals surface area contributed by atoms with Gasteiger partial charge in [0.05, 0.1) is 0 Å². The van der Waals surface area contributed by atoms with Gasteiger partial charge >= 0.3 is 0 Å². The molecule has 1 aliphatic heterocycles. The molecule has 4 nitrogen and oxygen atoms in total. The highest BCUT2D eigenvalue weighted by molar-refractivity contribution is 5.94. The van der Waals surface area contributed by atoms with Gasteiger partial charge in [-0.25, -0.2) is 0 Å². The maximum absolute atomic E-state index is 12.5. The van der Waals surface area contributed by atoms with Crippen LogP contribution in [-0.4, -0.2) is 43.3 Å². The largest absolute Gasteiger partial charge is 0.368 e. The van der Waals surface area contributed by atoms with E-state index < -0.39 is 0 Å². The number of rotatable bonds is 4. The van der Waals surface area contributed by atoms with Crippen molar-refractivity contribution in [2.75, 3.05) is 31.1 Å². The Balaban J connectivity index is 1.61. The topological polar surface area (TPSA) is 40.6 Å². The number of piperazine rings is 1. The van der Waals surface area contributed by atoms with Crippen molar-refractivity contribution in [2.45, 2.75) is 12.8 Å². The van der Waals surface area contributed by atoms with Gasteiger partial charge in [-0.2, -0.15) is 0 Å². The molecule has 0 N–H and O–H groups in total. The van der Waals surface area contributed by atoms with E-state index in [0.29, 0.717) is 0 Å². The van der Waals surface area contributed by atoms with E-state index in [4.69, 9.17) is 0 Å². The lowest BCUT2D eigenvalue weighted by Gasteiger charge is -2.36. The Morgan fingerprint density at radius 3 is 2.17 bits per heavy atom. The van der Waals surface area contributed by atoms with Crippen LogP contribution in [0.5, 0.6) is 0 Å². The highest BCUT2D eigenvalue weighted by Gasteiger charge is 2.22. The third-order valence-electron chi connectivity index (χ3n) is 4.58. The molecule has 0 aromatic heterocycles. The van der Waals surface area contributed by atoms with Crippen molar-refractivity contribution in [3.8, 4) is 0 Å². The monoisotopic (exact) mass is 322 g/mol. The predicted molar refractivity (Wildman–Crippen MR) is 95.5 cm³/mol. The van der Waals surface area contributed by atoms with E-state index >= 15 is 0 Å². The molecule has 1 aliphatic rings. The number of benzene rings is 2. The fourth-order valence-corrected chi connectivity index (χ4v) is 3.00. The second-order valence-corrected chi connectivity index (χ2v) is 6.16. The van der Waals surface area contributed by atoms with Crippen LogP contribution in [0.2, 0.25) is 0 Å². The van der Waals surface area contributed by atoms with Crippen LogP contribution >= 0.6 is 0 Å². The van der Waals surface area contributed by atoms with Gasteiger partial charge in [0.15, 0.2) is 0 Å². The van der Waals surface area contributed by atoms with Crippen molar-refractivity contribution >= 4 is 17.9 Å². The molecule has 1 saturated heterocycles. The molecule has 3 rings (SSSR count). The standard InChI is InChI=1S/C20H22N2O2/c1-16(15-23)17-7-9-19(10-8-17)21-11-13-22(14-12-21)20(24)18-5-3-2-4-6-18/h2-10,15-16H,11-14H2,1H3. The number of amides is 1. The minimum absolute atomic E-state index is 0.0700. The number of nitrogens with zero attached hydrogens (tertiary/aromatic N) is 2. The number of hydrogen-bond donors (Lipinski definition) is 0. The number of carbonyl (C=O) groups excluding carboxylic acids is 2. The molecular formula is C20H22N2O2. The van der Waals surface area contributed by atoms with Crippen molar-refractivity contribution in [3.05, 3.63) is 65.7 Å². The van der Waals surface area contributed by atoms with E-state index in [-0.39, 0.29) is 11.8 Å². The Morgan fingerprint density at radius 2 is 1.58 bits per heavy atom. The zero-order valence-corrected chi connectivity index (χ0v) is 13.9. The first-order chi connectivity index (χ1) is 11.7. The lowest BCUT2D eigenvalue weighted by Crippen LogP contribution is -2.48. The van der Waals surface area contributed by atoms with Gasteiger partial charge in [-0.3, -0.25) is 4.79 Å². The molecule has 0 bridgehead atoms. The summed E-state index contributed by atoms with van der Waals surface area (Å²) in [5.41, 5.74) is 2.92. The molecule has 1 amide bonds. The third-order valence-corrected chi connectivity index (χ3v) is 4.58. The average molecular weight is 322 g/mol. The Bertz CT molecular complexity index is 689. The van der Waals surface area contributed by atoms with Crippen LogP contribution < -0.4 is 4.90 Å². The summed E-state index contributed by atoms with van der Waals surface area (Å²) >= 11 is 0. The summed E-state index contributed by atoms with van der Waals surface area (Å²) in [5, 5.41) is 0. The van der Waals surface area contributed by atoms with Crippen LogP contribution in [0.3, 0.4) is 0 Å². The molecule has 2 aromatic rings. The molecule has 0 saturated carbocycles. The van der Waals surface area contributed by atoms with Crippen LogP contribution in [0.15, 0.2) is 54.6 Å². The first-order valence-electron chi connectivity index (χ1n) is 8.33. The van der Waals surface area contributed by atoms with Crippen LogP contribution in [-0.2, 0) is 4.79 Å². The van der Waals surface area contributed by atoms with E-state index in [0.717, 1.165) is 49.3 Å². The zero-order chi connectivity index (χ0) is 16.9. The smallest absolute Gasteiger partial charge is 0.253 e. The lowest BCUT2D eigenvalue weighted by atomic mass is 10.0. The van der Waals surface area contributed by atoms with E-state index in [1.807, 2.05) is 54.3 Å². The van der Waals surface area contributed by atoms with Crippen LogP contribution in [0.1, 0.15) is 28.8 Å². The van der Waals surface area contributed by atoms with Crippen molar-refractivity contribution in [3.63, 3.8) is 0 Å². The molecular weight excluding hydrogens is 300 g/mol. The first-order valence-corrected chi connectivity index (χ1v) is 8.33. The Morgan fingerprint density at radius 1 is 0.958 bits per heavy atom. The SMILES string of the molecule is CC(C=O)c1ccc(N2CCN(C(=O)c3ccccc3)CC2)cc1. The molecule has 1 unspecified atom stereocenters. The maximum atomic E-state index is 12.5. The second kappa shape index (κ2) is 7.30. The molecule has 0 spiro atoms. The molecule has 24 heavy (non-hydrogen) atoms. The van der Waals surface area contributed by atoms with E-state index in [2.05, 4.69) is 17.0 Å². The van der Waals surface area contributed by atoms with Gasteiger partial charge in [0.2, 0.25) is 0 Å². The van der Waals surface area contributed by atoms with Gasteiger partial charge in [0.1, 0.15) is 6.29 Å². The summed E-state index contributed by atoms with van der Waals surface area (Å²) in [6, 6.07) is 17.6. The number of hydrogen-bond acceptors (Lipinski definition) is 3. The molecule has 1 fully saturated rings. The van der Waals surface area contributed by atoms with Gasteiger partial charge in [0, 0.05) is 43.3 Å². The second-order valence-electron chi connectivity index (χ2n) is 6.16. The molecule has 2 aromatic carbocycles. The van der Waals surface area contributed by atoms with Crippen molar-refractivity contribution in [1.82, 2.24) is 4.90 Å². The van der Waals surface area contributed by atoms with Crippen molar-refractivity contribution in [2.24, 2.45) is 0 Å². The minimum Gasteiger partial charge on any atom is -0.368 e. The van der Waals surface area contributed by atoms with Crippen LogP contribution in [0, 0.1) is 0 Å². The average Bonchev–Trinajstić information content (AvgIpc) is 2.68.